The molecule has 1 aromatic carbocycles. The van der Waals surface area contributed by atoms with Crippen LogP contribution in [0.5, 0.6) is 0 Å². The number of esters is 1. The van der Waals surface area contributed by atoms with Crippen molar-refractivity contribution in [3.8, 4) is 0 Å². The Bertz CT molecular complexity index is 750. The number of hydrogen-bond acceptors (Lipinski definition) is 6. The molecular weight excluding hydrogens is 376 g/mol. The van der Waals surface area contributed by atoms with E-state index in [9.17, 15) is 18.0 Å². The molecule has 1 heterocycles. The second kappa shape index (κ2) is 9.75. The lowest BCUT2D eigenvalue weighted by molar-refractivity contribution is -0.146. The largest absolute Gasteiger partial charge is 0.465 e. The standard InChI is InChI=1S/C17H22N2O5S2/c1-2-24-17(21)15-12-25-13-19(15)26(22,23)11-10-18-16(20)9-8-14-6-4-3-5-7-14/h3-9,15H,2,10-13H2,1H3,(H,18,20)/b9-8+. The van der Waals surface area contributed by atoms with Gasteiger partial charge in [0.25, 0.3) is 0 Å². The molecule has 142 valence electrons. The van der Waals surface area contributed by atoms with E-state index in [2.05, 4.69) is 5.32 Å². The highest BCUT2D eigenvalue weighted by Gasteiger charge is 2.39. The molecular formula is C17H22N2O5S2. The molecule has 1 saturated heterocycles. The number of rotatable bonds is 8. The van der Waals surface area contributed by atoms with E-state index < -0.39 is 22.0 Å². The van der Waals surface area contributed by atoms with Gasteiger partial charge in [0, 0.05) is 18.4 Å². The molecule has 2 rings (SSSR count). The van der Waals surface area contributed by atoms with Gasteiger partial charge in [-0.15, -0.1) is 11.8 Å². The SMILES string of the molecule is CCOC(=O)C1CSCN1S(=O)(=O)CCNC(=O)/C=C/c1ccccc1. The van der Waals surface area contributed by atoms with Crippen LogP contribution in [0.1, 0.15) is 12.5 Å². The minimum absolute atomic E-state index is 0.0307. The van der Waals surface area contributed by atoms with E-state index in [4.69, 9.17) is 4.74 Å². The summed E-state index contributed by atoms with van der Waals surface area (Å²) in [7, 11) is -3.66. The molecule has 1 aliphatic rings. The van der Waals surface area contributed by atoms with E-state index in [0.717, 1.165) is 9.87 Å². The smallest absolute Gasteiger partial charge is 0.325 e. The zero-order valence-corrected chi connectivity index (χ0v) is 16.1. The number of amides is 1. The lowest BCUT2D eigenvalue weighted by Gasteiger charge is -2.21. The highest BCUT2D eigenvalue weighted by Crippen LogP contribution is 2.25. The Kier molecular flexibility index (Phi) is 7.67. The average molecular weight is 399 g/mol. The summed E-state index contributed by atoms with van der Waals surface area (Å²) in [6.07, 6.45) is 3.01. The number of thioether (sulfide) groups is 1. The molecule has 0 bridgehead atoms. The molecule has 0 radical (unpaired) electrons. The van der Waals surface area contributed by atoms with Crippen LogP contribution in [-0.2, 0) is 24.3 Å². The molecule has 1 N–H and O–H groups in total. The first kappa shape index (κ1) is 20.5. The van der Waals surface area contributed by atoms with Gasteiger partial charge >= 0.3 is 5.97 Å². The van der Waals surface area contributed by atoms with Crippen molar-refractivity contribution in [2.75, 3.05) is 30.5 Å². The maximum atomic E-state index is 12.4. The van der Waals surface area contributed by atoms with Crippen molar-refractivity contribution in [1.82, 2.24) is 9.62 Å². The van der Waals surface area contributed by atoms with Gasteiger partial charge < -0.3 is 10.1 Å². The van der Waals surface area contributed by atoms with E-state index >= 15 is 0 Å². The third-order valence-corrected chi connectivity index (χ3v) is 6.64. The zero-order chi connectivity index (χ0) is 19.0. The maximum absolute atomic E-state index is 12.4. The number of nitrogens with one attached hydrogen (secondary N) is 1. The van der Waals surface area contributed by atoms with Crippen LogP contribution in [0.2, 0.25) is 0 Å². The van der Waals surface area contributed by atoms with E-state index in [1.165, 1.54) is 17.8 Å². The van der Waals surface area contributed by atoms with Crippen LogP contribution >= 0.6 is 11.8 Å². The summed E-state index contributed by atoms with van der Waals surface area (Å²) in [6, 6.07) is 8.52. The lowest BCUT2D eigenvalue weighted by Crippen LogP contribution is -2.45. The average Bonchev–Trinajstić information content (AvgIpc) is 3.12. The Balaban J connectivity index is 1.84. The third-order valence-electron chi connectivity index (χ3n) is 3.64. The molecule has 0 aliphatic carbocycles. The first-order chi connectivity index (χ1) is 12.4. The monoisotopic (exact) mass is 398 g/mol. The first-order valence-electron chi connectivity index (χ1n) is 8.19. The quantitative estimate of drug-likeness (QED) is 0.520. The van der Waals surface area contributed by atoms with Gasteiger partial charge in [-0.1, -0.05) is 30.3 Å². The molecule has 9 heteroatoms. The summed E-state index contributed by atoms with van der Waals surface area (Å²) < 4.78 is 31.0. The normalized spacial score (nSPS) is 18.1. The summed E-state index contributed by atoms with van der Waals surface area (Å²) in [5.41, 5.74) is 0.877. The van der Waals surface area contributed by atoms with E-state index in [1.54, 1.807) is 13.0 Å². The number of nitrogens with zero attached hydrogens (tertiary/aromatic N) is 1. The van der Waals surface area contributed by atoms with Gasteiger partial charge in [-0.25, -0.2) is 8.42 Å². The molecule has 7 nitrogen and oxygen atoms in total. The number of carbonyl (C=O) groups excluding carboxylic acids is 2. The fraction of sp³-hybridized carbons (Fsp3) is 0.412. The van der Waals surface area contributed by atoms with Crippen molar-refractivity contribution in [1.29, 1.82) is 0 Å². The van der Waals surface area contributed by atoms with Crippen LogP contribution in [0.25, 0.3) is 6.08 Å². The van der Waals surface area contributed by atoms with Crippen LogP contribution in [0.3, 0.4) is 0 Å². The van der Waals surface area contributed by atoms with Gasteiger partial charge in [-0.2, -0.15) is 4.31 Å². The second-order valence-corrected chi connectivity index (χ2v) is 8.55. The molecule has 1 amide bonds. The Morgan fingerprint density at radius 2 is 2.08 bits per heavy atom. The van der Waals surface area contributed by atoms with Crippen LogP contribution in [0, 0.1) is 0 Å². The second-order valence-electron chi connectivity index (χ2n) is 5.51. The predicted molar refractivity (Wildman–Crippen MR) is 102 cm³/mol. The number of sulfonamides is 1. The molecule has 1 aromatic rings. The van der Waals surface area contributed by atoms with Crippen molar-refractivity contribution in [2.45, 2.75) is 13.0 Å². The first-order valence-corrected chi connectivity index (χ1v) is 11.0. The Hall–Kier alpha value is -1.84. The number of benzene rings is 1. The number of ether oxygens (including phenoxy) is 1. The highest BCUT2D eigenvalue weighted by molar-refractivity contribution is 8.00. The fourth-order valence-corrected chi connectivity index (χ4v) is 5.45. The minimum Gasteiger partial charge on any atom is -0.465 e. The predicted octanol–water partition coefficient (Wildman–Crippen LogP) is 1.08. The van der Waals surface area contributed by atoms with Crippen LogP contribution < -0.4 is 5.32 Å². The molecule has 0 saturated carbocycles. The summed E-state index contributed by atoms with van der Waals surface area (Å²) in [6.45, 7) is 1.85. The molecule has 1 aliphatic heterocycles. The van der Waals surface area contributed by atoms with Crippen LogP contribution in [-0.4, -0.2) is 61.2 Å². The fourth-order valence-electron chi connectivity index (χ4n) is 2.34. The van der Waals surface area contributed by atoms with Crippen molar-refractivity contribution < 1.29 is 22.7 Å². The zero-order valence-electron chi connectivity index (χ0n) is 14.5. The van der Waals surface area contributed by atoms with Gasteiger partial charge in [-0.05, 0) is 18.6 Å². The molecule has 1 unspecified atom stereocenters. The van der Waals surface area contributed by atoms with Gasteiger partial charge in [0.2, 0.25) is 15.9 Å². The van der Waals surface area contributed by atoms with Crippen molar-refractivity contribution in [2.24, 2.45) is 0 Å². The highest BCUT2D eigenvalue weighted by atomic mass is 32.2. The van der Waals surface area contributed by atoms with Gasteiger partial charge in [0.15, 0.2) is 0 Å². The van der Waals surface area contributed by atoms with Gasteiger partial charge in [0.05, 0.1) is 18.2 Å². The Labute approximate surface area is 157 Å². The van der Waals surface area contributed by atoms with Crippen molar-refractivity contribution in [3.05, 3.63) is 42.0 Å². The summed E-state index contributed by atoms with van der Waals surface area (Å²) in [5.74, 6) is -0.579. The lowest BCUT2D eigenvalue weighted by atomic mass is 10.2. The molecule has 0 aromatic heterocycles. The topological polar surface area (TPSA) is 92.8 Å². The van der Waals surface area contributed by atoms with E-state index in [0.29, 0.717) is 5.75 Å². The van der Waals surface area contributed by atoms with Gasteiger partial charge in [-0.3, -0.25) is 9.59 Å². The maximum Gasteiger partial charge on any atom is 0.325 e. The van der Waals surface area contributed by atoms with Crippen LogP contribution in [0.15, 0.2) is 36.4 Å². The number of carbonyl (C=O) groups is 2. The van der Waals surface area contributed by atoms with E-state index in [1.807, 2.05) is 30.3 Å². The minimum atomic E-state index is -3.66. The van der Waals surface area contributed by atoms with Crippen molar-refractivity contribution >= 4 is 39.7 Å². The molecule has 0 spiro atoms. The Morgan fingerprint density at radius 3 is 2.77 bits per heavy atom. The van der Waals surface area contributed by atoms with Gasteiger partial charge in [0.1, 0.15) is 6.04 Å². The number of hydrogen-bond donors (Lipinski definition) is 1. The van der Waals surface area contributed by atoms with E-state index in [-0.39, 0.29) is 30.7 Å². The Morgan fingerprint density at radius 1 is 1.35 bits per heavy atom. The molecule has 1 atom stereocenters. The van der Waals surface area contributed by atoms with Crippen LogP contribution in [0.4, 0.5) is 0 Å². The summed E-state index contributed by atoms with van der Waals surface area (Å²) in [4.78, 5) is 23.7. The molecule has 26 heavy (non-hydrogen) atoms. The van der Waals surface area contributed by atoms with Crippen molar-refractivity contribution in [3.63, 3.8) is 0 Å². The molecule has 1 fully saturated rings. The third kappa shape index (κ3) is 5.86. The summed E-state index contributed by atoms with van der Waals surface area (Å²) >= 11 is 1.36. The summed E-state index contributed by atoms with van der Waals surface area (Å²) in [5, 5.41) is 2.55.